The molecule has 0 spiro atoms. The molecule has 1 aliphatic rings. The molecule has 0 radical (unpaired) electrons. The minimum Gasteiger partial charge on any atom is -0.413 e. The Morgan fingerprint density at radius 1 is 1.31 bits per heavy atom. The lowest BCUT2D eigenvalue weighted by Gasteiger charge is -2.51. The molecule has 1 fully saturated rings. The largest absolute Gasteiger partial charge is 0.413 e. The van der Waals surface area contributed by atoms with E-state index in [1.807, 2.05) is 0 Å². The SMILES string of the molecule is COC[C@H](C[C@H]1O[C@H](C(N)=O)C[C@@H](O[Si](C)(C)C(C)(C)C)C1(C)C)OC. The normalized spacial score (nSPS) is 28.0. The molecule has 0 aromatic heterocycles. The minimum atomic E-state index is -2.00. The zero-order valence-corrected chi connectivity index (χ0v) is 19.0. The molecule has 1 rings (SSSR count). The third-order valence-electron chi connectivity index (χ3n) is 6.14. The number of hydrogen-bond acceptors (Lipinski definition) is 5. The van der Waals surface area contributed by atoms with Crippen LogP contribution in [-0.4, -0.2) is 59.5 Å². The standard InChI is InChI=1S/C19H39NO5Si/c1-18(2,3)26(8,9)25-16-11-14(17(20)21)24-15(19(16,4)5)10-13(23-7)12-22-6/h13-16H,10-12H2,1-9H3,(H2,20,21)/t13-,14-,15+,16+/m0/s1. The van der Waals surface area contributed by atoms with Gasteiger partial charge in [0.05, 0.1) is 24.9 Å². The van der Waals surface area contributed by atoms with E-state index in [1.165, 1.54) is 0 Å². The Labute approximate surface area is 160 Å². The molecule has 1 saturated heterocycles. The van der Waals surface area contributed by atoms with Crippen molar-refractivity contribution < 1.29 is 23.4 Å². The second kappa shape index (κ2) is 8.69. The number of methoxy groups -OCH3 is 2. The number of primary amides is 1. The highest BCUT2D eigenvalue weighted by molar-refractivity contribution is 6.74. The fourth-order valence-electron chi connectivity index (χ4n) is 3.07. The number of hydrogen-bond donors (Lipinski definition) is 1. The second-order valence-electron chi connectivity index (χ2n) is 9.49. The first-order valence-corrected chi connectivity index (χ1v) is 12.3. The van der Waals surface area contributed by atoms with Crippen LogP contribution in [0.5, 0.6) is 0 Å². The van der Waals surface area contributed by atoms with Gasteiger partial charge in [0.2, 0.25) is 5.91 Å². The van der Waals surface area contributed by atoms with Crippen LogP contribution in [0.2, 0.25) is 18.1 Å². The molecule has 0 aliphatic carbocycles. The van der Waals surface area contributed by atoms with E-state index in [1.54, 1.807) is 14.2 Å². The number of rotatable bonds is 8. The Bertz CT molecular complexity index is 475. The molecule has 6 nitrogen and oxygen atoms in total. The Morgan fingerprint density at radius 2 is 1.88 bits per heavy atom. The Hall–Kier alpha value is -0.473. The quantitative estimate of drug-likeness (QED) is 0.645. The fourth-order valence-corrected chi connectivity index (χ4v) is 4.53. The fraction of sp³-hybridized carbons (Fsp3) is 0.947. The van der Waals surface area contributed by atoms with Gasteiger partial charge in [0, 0.05) is 32.5 Å². The Kier molecular flexibility index (Phi) is 7.88. The predicted octanol–water partition coefficient (Wildman–Crippen LogP) is 3.10. The van der Waals surface area contributed by atoms with E-state index >= 15 is 0 Å². The van der Waals surface area contributed by atoms with Crippen molar-refractivity contribution in [3.8, 4) is 0 Å². The van der Waals surface area contributed by atoms with E-state index in [0.717, 1.165) is 0 Å². The molecular formula is C19H39NO5Si. The van der Waals surface area contributed by atoms with Crippen LogP contribution in [0.25, 0.3) is 0 Å². The molecule has 4 atom stereocenters. The van der Waals surface area contributed by atoms with Crippen LogP contribution in [0.3, 0.4) is 0 Å². The average Bonchev–Trinajstić information content (AvgIpc) is 2.48. The van der Waals surface area contributed by atoms with Crippen molar-refractivity contribution in [2.75, 3.05) is 20.8 Å². The van der Waals surface area contributed by atoms with Crippen LogP contribution in [-0.2, 0) is 23.4 Å². The Morgan fingerprint density at radius 3 is 2.31 bits per heavy atom. The minimum absolute atomic E-state index is 0.0875. The van der Waals surface area contributed by atoms with Crippen molar-refractivity contribution >= 4 is 14.2 Å². The number of nitrogens with two attached hydrogens (primary N) is 1. The molecule has 1 amide bonds. The summed E-state index contributed by atoms with van der Waals surface area (Å²) in [7, 11) is 1.31. The van der Waals surface area contributed by atoms with Gasteiger partial charge in [-0.05, 0) is 18.1 Å². The summed E-state index contributed by atoms with van der Waals surface area (Å²) in [5.41, 5.74) is 5.32. The van der Waals surface area contributed by atoms with Crippen molar-refractivity contribution in [1.82, 2.24) is 0 Å². The highest BCUT2D eigenvalue weighted by Crippen LogP contribution is 2.45. The number of amides is 1. The highest BCUT2D eigenvalue weighted by Gasteiger charge is 2.51. The summed E-state index contributed by atoms with van der Waals surface area (Å²) in [5, 5.41) is 0.0875. The van der Waals surface area contributed by atoms with Crippen LogP contribution < -0.4 is 5.73 Å². The lowest BCUT2D eigenvalue weighted by atomic mass is 9.74. The van der Waals surface area contributed by atoms with E-state index < -0.39 is 20.3 Å². The summed E-state index contributed by atoms with van der Waals surface area (Å²) in [4.78, 5) is 11.9. The topological polar surface area (TPSA) is 80.0 Å². The maximum absolute atomic E-state index is 11.9. The van der Waals surface area contributed by atoms with E-state index in [4.69, 9.17) is 24.4 Å². The number of carbonyl (C=O) groups excluding carboxylic acids is 1. The van der Waals surface area contributed by atoms with Crippen molar-refractivity contribution in [2.45, 2.75) is 90.0 Å². The summed E-state index contributed by atoms with van der Waals surface area (Å²) in [6.45, 7) is 15.9. The Balaban J connectivity index is 3.10. The van der Waals surface area contributed by atoms with Gasteiger partial charge >= 0.3 is 0 Å². The van der Waals surface area contributed by atoms with Gasteiger partial charge in [-0.25, -0.2) is 0 Å². The van der Waals surface area contributed by atoms with Gasteiger partial charge < -0.3 is 24.4 Å². The first kappa shape index (κ1) is 23.6. The van der Waals surface area contributed by atoms with Crippen LogP contribution in [0, 0.1) is 5.41 Å². The van der Waals surface area contributed by atoms with E-state index in [2.05, 4.69) is 47.7 Å². The lowest BCUT2D eigenvalue weighted by Crippen LogP contribution is -2.58. The summed E-state index contributed by atoms with van der Waals surface area (Å²) in [6.07, 6.45) is 0.0711. The number of ether oxygens (including phenoxy) is 3. The van der Waals surface area contributed by atoms with Gasteiger partial charge in [-0.1, -0.05) is 34.6 Å². The molecule has 0 unspecified atom stereocenters. The van der Waals surface area contributed by atoms with Crippen LogP contribution in [0.4, 0.5) is 0 Å². The summed E-state index contributed by atoms with van der Waals surface area (Å²) in [6, 6.07) is 0. The smallest absolute Gasteiger partial charge is 0.246 e. The first-order chi connectivity index (χ1) is 11.8. The lowest BCUT2D eigenvalue weighted by molar-refractivity contribution is -0.186. The first-order valence-electron chi connectivity index (χ1n) is 9.40. The van der Waals surface area contributed by atoms with Crippen molar-refractivity contribution in [3.63, 3.8) is 0 Å². The number of carbonyl (C=O) groups is 1. The third-order valence-corrected chi connectivity index (χ3v) is 10.6. The zero-order chi connectivity index (χ0) is 20.3. The second-order valence-corrected chi connectivity index (χ2v) is 14.2. The predicted molar refractivity (Wildman–Crippen MR) is 106 cm³/mol. The van der Waals surface area contributed by atoms with Crippen molar-refractivity contribution in [3.05, 3.63) is 0 Å². The maximum Gasteiger partial charge on any atom is 0.246 e. The third kappa shape index (κ3) is 5.52. The van der Waals surface area contributed by atoms with E-state index in [0.29, 0.717) is 19.4 Å². The highest BCUT2D eigenvalue weighted by atomic mass is 28.4. The van der Waals surface area contributed by atoms with Gasteiger partial charge in [-0.3, -0.25) is 4.79 Å². The van der Waals surface area contributed by atoms with Crippen LogP contribution in [0.1, 0.15) is 47.5 Å². The van der Waals surface area contributed by atoms with Gasteiger partial charge in [0.15, 0.2) is 8.32 Å². The molecule has 0 aromatic carbocycles. The molecule has 1 aliphatic heterocycles. The van der Waals surface area contributed by atoms with Gasteiger partial charge in [-0.2, -0.15) is 0 Å². The molecule has 154 valence electrons. The van der Waals surface area contributed by atoms with E-state index in [9.17, 15) is 4.79 Å². The molecule has 26 heavy (non-hydrogen) atoms. The van der Waals surface area contributed by atoms with Gasteiger partial charge in [0.1, 0.15) is 6.10 Å². The molecular weight excluding hydrogens is 350 g/mol. The molecule has 0 saturated carbocycles. The summed E-state index contributed by atoms with van der Waals surface area (Å²) < 4.78 is 23.6. The van der Waals surface area contributed by atoms with Crippen LogP contribution >= 0.6 is 0 Å². The average molecular weight is 390 g/mol. The van der Waals surface area contributed by atoms with E-state index in [-0.39, 0.29) is 28.8 Å². The summed E-state index contributed by atoms with van der Waals surface area (Å²) >= 11 is 0. The molecule has 7 heteroatoms. The molecule has 1 heterocycles. The summed E-state index contributed by atoms with van der Waals surface area (Å²) in [5.74, 6) is -0.435. The van der Waals surface area contributed by atoms with Gasteiger partial charge in [-0.15, -0.1) is 0 Å². The molecule has 0 bridgehead atoms. The van der Waals surface area contributed by atoms with Crippen molar-refractivity contribution in [2.24, 2.45) is 11.1 Å². The molecule has 0 aromatic rings. The van der Waals surface area contributed by atoms with Crippen molar-refractivity contribution in [1.29, 1.82) is 0 Å². The van der Waals surface area contributed by atoms with Crippen LogP contribution in [0.15, 0.2) is 0 Å². The zero-order valence-electron chi connectivity index (χ0n) is 18.0. The maximum atomic E-state index is 11.9. The van der Waals surface area contributed by atoms with Gasteiger partial charge in [0.25, 0.3) is 0 Å². The monoisotopic (exact) mass is 389 g/mol. The molecule has 2 N–H and O–H groups in total.